The molecular weight excluding hydrogens is 323 g/mol. The predicted molar refractivity (Wildman–Crippen MR) is 93.1 cm³/mol. The Kier molecular flexibility index (Phi) is 4.56. The molecule has 0 spiro atoms. The minimum absolute atomic E-state index is 0.200. The Morgan fingerprint density at radius 2 is 1.64 bits per heavy atom. The molecule has 0 unspecified atom stereocenters. The summed E-state index contributed by atoms with van der Waals surface area (Å²) in [7, 11) is 0. The van der Waals surface area contributed by atoms with E-state index in [0.717, 1.165) is 0 Å². The van der Waals surface area contributed by atoms with Gasteiger partial charge in [0.2, 0.25) is 0 Å². The number of carboxylic acids is 1. The first kappa shape index (κ1) is 16.4. The molecule has 0 bridgehead atoms. The second-order valence-corrected chi connectivity index (χ2v) is 5.30. The van der Waals surface area contributed by atoms with E-state index in [1.54, 1.807) is 43.3 Å². The SMILES string of the molecule is Cc1nc(Nc2ccc(C(=O)O)cc2)cc(Nc2ccccc2F)n1. The molecule has 3 N–H and O–H groups in total. The number of aromatic carboxylic acids is 1. The number of nitrogens with zero attached hydrogens (tertiary/aromatic N) is 2. The summed E-state index contributed by atoms with van der Waals surface area (Å²) in [5.74, 6) is 0.0982. The van der Waals surface area contributed by atoms with Gasteiger partial charge in [-0.15, -0.1) is 0 Å². The van der Waals surface area contributed by atoms with Crippen LogP contribution in [0.2, 0.25) is 0 Å². The van der Waals surface area contributed by atoms with Gasteiger partial charge >= 0.3 is 5.97 Å². The summed E-state index contributed by atoms with van der Waals surface area (Å²) >= 11 is 0. The van der Waals surface area contributed by atoms with Crippen LogP contribution in [-0.2, 0) is 0 Å². The van der Waals surface area contributed by atoms with Crippen molar-refractivity contribution >= 4 is 29.0 Å². The molecule has 0 saturated carbocycles. The van der Waals surface area contributed by atoms with E-state index in [4.69, 9.17) is 5.11 Å². The van der Waals surface area contributed by atoms with Gasteiger partial charge in [-0.3, -0.25) is 0 Å². The standard InChI is InChI=1S/C18H15FN4O2/c1-11-20-16(22-13-8-6-12(7-9-13)18(24)25)10-17(21-11)23-15-5-3-2-4-14(15)19/h2-10H,1H3,(H,24,25)(H2,20,21,22,23). The van der Waals surface area contributed by atoms with E-state index in [-0.39, 0.29) is 11.4 Å². The number of carbonyl (C=O) groups is 1. The lowest BCUT2D eigenvalue weighted by Gasteiger charge is -2.11. The topological polar surface area (TPSA) is 87.1 Å². The molecule has 0 aliphatic rings. The van der Waals surface area contributed by atoms with Crippen LogP contribution in [0.5, 0.6) is 0 Å². The van der Waals surface area contributed by atoms with Crippen molar-refractivity contribution in [3.8, 4) is 0 Å². The summed E-state index contributed by atoms with van der Waals surface area (Å²) in [6, 6.07) is 14.2. The van der Waals surface area contributed by atoms with Crippen LogP contribution >= 0.6 is 0 Å². The lowest BCUT2D eigenvalue weighted by atomic mass is 10.2. The van der Waals surface area contributed by atoms with Gasteiger partial charge in [0, 0.05) is 11.8 Å². The Hall–Kier alpha value is -3.48. The summed E-state index contributed by atoms with van der Waals surface area (Å²) < 4.78 is 13.8. The fourth-order valence-electron chi connectivity index (χ4n) is 2.24. The van der Waals surface area contributed by atoms with Crippen LogP contribution in [0.25, 0.3) is 0 Å². The molecule has 0 aliphatic carbocycles. The third kappa shape index (κ3) is 4.08. The smallest absolute Gasteiger partial charge is 0.335 e. The molecule has 6 nitrogen and oxygen atoms in total. The van der Waals surface area contributed by atoms with Crippen LogP contribution in [0.4, 0.5) is 27.4 Å². The molecule has 1 aromatic heterocycles. The molecule has 0 radical (unpaired) electrons. The first-order chi connectivity index (χ1) is 12.0. The van der Waals surface area contributed by atoms with Crippen molar-refractivity contribution in [1.82, 2.24) is 9.97 Å². The summed E-state index contributed by atoms with van der Waals surface area (Å²) in [5, 5.41) is 14.9. The van der Waals surface area contributed by atoms with Gasteiger partial charge in [-0.05, 0) is 43.3 Å². The summed E-state index contributed by atoms with van der Waals surface area (Å²) in [5.41, 5.74) is 1.20. The Bertz CT molecular complexity index is 913. The Morgan fingerprint density at radius 1 is 1.00 bits per heavy atom. The summed E-state index contributed by atoms with van der Waals surface area (Å²) in [4.78, 5) is 19.4. The predicted octanol–water partition coefficient (Wildman–Crippen LogP) is 4.11. The molecular formula is C18H15FN4O2. The molecule has 3 rings (SSSR count). The molecule has 25 heavy (non-hydrogen) atoms. The highest BCUT2D eigenvalue weighted by Crippen LogP contribution is 2.22. The van der Waals surface area contributed by atoms with Crippen molar-refractivity contribution in [2.45, 2.75) is 6.92 Å². The van der Waals surface area contributed by atoms with Crippen molar-refractivity contribution in [3.63, 3.8) is 0 Å². The molecule has 126 valence electrons. The van der Waals surface area contributed by atoms with Gasteiger partial charge in [0.15, 0.2) is 0 Å². The number of aryl methyl sites for hydroxylation is 1. The van der Waals surface area contributed by atoms with E-state index in [1.807, 2.05) is 0 Å². The zero-order valence-electron chi connectivity index (χ0n) is 13.3. The third-order valence-corrected chi connectivity index (χ3v) is 3.38. The number of anilines is 4. The van der Waals surface area contributed by atoms with Crippen molar-refractivity contribution in [1.29, 1.82) is 0 Å². The normalized spacial score (nSPS) is 10.3. The van der Waals surface area contributed by atoms with E-state index in [1.165, 1.54) is 18.2 Å². The summed E-state index contributed by atoms with van der Waals surface area (Å²) in [6.07, 6.45) is 0. The molecule has 1 heterocycles. The maximum Gasteiger partial charge on any atom is 0.335 e. The number of rotatable bonds is 5. The number of hydrogen-bond donors (Lipinski definition) is 3. The minimum Gasteiger partial charge on any atom is -0.478 e. The lowest BCUT2D eigenvalue weighted by Crippen LogP contribution is -2.02. The minimum atomic E-state index is -0.985. The first-order valence-electron chi connectivity index (χ1n) is 7.49. The fraction of sp³-hybridized carbons (Fsp3) is 0.0556. The van der Waals surface area contributed by atoms with Crippen LogP contribution in [0.3, 0.4) is 0 Å². The Balaban J connectivity index is 1.81. The van der Waals surface area contributed by atoms with Crippen molar-refractivity contribution in [2.24, 2.45) is 0 Å². The number of para-hydroxylation sites is 1. The number of carboxylic acid groups (broad SMARTS) is 1. The van der Waals surface area contributed by atoms with E-state index >= 15 is 0 Å². The Labute approximate surface area is 143 Å². The van der Waals surface area contributed by atoms with Gasteiger partial charge in [0.1, 0.15) is 23.3 Å². The summed E-state index contributed by atoms with van der Waals surface area (Å²) in [6.45, 7) is 1.73. The van der Waals surface area contributed by atoms with Gasteiger partial charge in [0.25, 0.3) is 0 Å². The van der Waals surface area contributed by atoms with E-state index in [0.29, 0.717) is 28.8 Å². The molecule has 0 atom stereocenters. The van der Waals surface area contributed by atoms with Gasteiger partial charge in [0.05, 0.1) is 11.3 Å². The van der Waals surface area contributed by atoms with Crippen molar-refractivity contribution in [2.75, 3.05) is 10.6 Å². The zero-order chi connectivity index (χ0) is 17.8. The second kappa shape index (κ2) is 6.96. The van der Waals surface area contributed by atoms with E-state index < -0.39 is 5.97 Å². The average Bonchev–Trinajstić information content (AvgIpc) is 2.57. The molecule has 3 aromatic rings. The van der Waals surface area contributed by atoms with Crippen LogP contribution < -0.4 is 10.6 Å². The maximum atomic E-state index is 13.8. The molecule has 0 aliphatic heterocycles. The van der Waals surface area contributed by atoms with Gasteiger partial charge in [-0.25, -0.2) is 19.2 Å². The maximum absolute atomic E-state index is 13.8. The van der Waals surface area contributed by atoms with E-state index in [2.05, 4.69) is 20.6 Å². The molecule has 0 saturated heterocycles. The number of nitrogens with one attached hydrogen (secondary N) is 2. The lowest BCUT2D eigenvalue weighted by molar-refractivity contribution is 0.0697. The Morgan fingerprint density at radius 3 is 2.28 bits per heavy atom. The van der Waals surface area contributed by atoms with Crippen LogP contribution in [-0.4, -0.2) is 21.0 Å². The highest BCUT2D eigenvalue weighted by molar-refractivity contribution is 5.88. The second-order valence-electron chi connectivity index (χ2n) is 5.30. The number of hydrogen-bond acceptors (Lipinski definition) is 5. The largest absolute Gasteiger partial charge is 0.478 e. The van der Waals surface area contributed by atoms with Crippen LogP contribution in [0.15, 0.2) is 54.6 Å². The van der Waals surface area contributed by atoms with Crippen molar-refractivity contribution in [3.05, 3.63) is 71.8 Å². The zero-order valence-corrected chi connectivity index (χ0v) is 13.3. The fourth-order valence-corrected chi connectivity index (χ4v) is 2.24. The highest BCUT2D eigenvalue weighted by atomic mass is 19.1. The van der Waals surface area contributed by atoms with Crippen LogP contribution in [0.1, 0.15) is 16.2 Å². The number of halogens is 1. The molecule has 0 fully saturated rings. The molecule has 0 amide bonds. The number of aromatic nitrogens is 2. The molecule has 2 aromatic carbocycles. The van der Waals surface area contributed by atoms with Gasteiger partial charge in [-0.1, -0.05) is 12.1 Å². The quantitative estimate of drug-likeness (QED) is 0.649. The van der Waals surface area contributed by atoms with Crippen LogP contribution in [0, 0.1) is 12.7 Å². The van der Waals surface area contributed by atoms with Crippen molar-refractivity contribution < 1.29 is 14.3 Å². The highest BCUT2D eigenvalue weighted by Gasteiger charge is 2.07. The van der Waals surface area contributed by atoms with Gasteiger partial charge in [-0.2, -0.15) is 0 Å². The van der Waals surface area contributed by atoms with Gasteiger partial charge < -0.3 is 15.7 Å². The molecule has 7 heteroatoms. The monoisotopic (exact) mass is 338 g/mol. The third-order valence-electron chi connectivity index (χ3n) is 3.38. The number of benzene rings is 2. The first-order valence-corrected chi connectivity index (χ1v) is 7.49. The average molecular weight is 338 g/mol. The van der Waals surface area contributed by atoms with E-state index in [9.17, 15) is 9.18 Å².